The van der Waals surface area contributed by atoms with Crippen LogP contribution in [0.15, 0.2) is 18.2 Å². The van der Waals surface area contributed by atoms with E-state index < -0.39 is 35.7 Å². The summed E-state index contributed by atoms with van der Waals surface area (Å²) in [5, 5.41) is 20.7. The number of aliphatic hydroxyl groups excluding tert-OH is 1. The summed E-state index contributed by atoms with van der Waals surface area (Å²) in [6.07, 6.45) is -1.13. The highest BCUT2D eigenvalue weighted by molar-refractivity contribution is 5.86. The smallest absolute Gasteiger partial charge is 0.326 e. The Morgan fingerprint density at radius 2 is 1.80 bits per heavy atom. The fraction of sp³-hybridized carbons (Fsp3) is 0.385. The van der Waals surface area contributed by atoms with Crippen LogP contribution in [0.3, 0.4) is 0 Å². The maximum atomic E-state index is 13.0. The van der Waals surface area contributed by atoms with E-state index in [4.69, 9.17) is 5.11 Å². The number of aliphatic carboxylic acids is 1. The number of carboxylic acids is 1. The number of hydrogen-bond acceptors (Lipinski definition) is 3. The number of nitrogens with one attached hydrogen (secondary N) is 1. The number of benzene rings is 1. The van der Waals surface area contributed by atoms with Crippen molar-refractivity contribution in [2.24, 2.45) is 0 Å². The first-order valence-electron chi connectivity index (χ1n) is 6.02. The molecule has 2 atom stereocenters. The average molecular weight is 287 g/mol. The molecule has 1 rings (SSSR count). The first-order valence-corrected chi connectivity index (χ1v) is 6.02. The van der Waals surface area contributed by atoms with Gasteiger partial charge in [-0.1, -0.05) is 13.3 Å². The van der Waals surface area contributed by atoms with Crippen molar-refractivity contribution in [3.8, 4) is 0 Å². The van der Waals surface area contributed by atoms with Crippen molar-refractivity contribution in [3.63, 3.8) is 0 Å². The Bertz CT molecular complexity index is 487. The van der Waals surface area contributed by atoms with Gasteiger partial charge in [-0.25, -0.2) is 13.6 Å². The third-order valence-corrected chi connectivity index (χ3v) is 2.64. The maximum absolute atomic E-state index is 13.0. The lowest BCUT2D eigenvalue weighted by molar-refractivity contribution is -0.143. The number of hydrogen-bond donors (Lipinski definition) is 3. The van der Waals surface area contributed by atoms with Gasteiger partial charge >= 0.3 is 5.97 Å². The van der Waals surface area contributed by atoms with Gasteiger partial charge in [-0.05, 0) is 24.1 Å². The van der Waals surface area contributed by atoms with Crippen molar-refractivity contribution in [2.75, 3.05) is 0 Å². The SMILES string of the molecule is CCCC(NC(=O)C(O)c1cc(F)cc(F)c1)C(=O)O. The fourth-order valence-electron chi connectivity index (χ4n) is 1.68. The first-order chi connectivity index (χ1) is 9.35. The van der Waals surface area contributed by atoms with Crippen LogP contribution in [0.25, 0.3) is 0 Å². The van der Waals surface area contributed by atoms with Gasteiger partial charge in [0.25, 0.3) is 5.91 Å². The van der Waals surface area contributed by atoms with Crippen LogP contribution in [0.5, 0.6) is 0 Å². The van der Waals surface area contributed by atoms with Gasteiger partial charge in [0, 0.05) is 6.07 Å². The van der Waals surface area contributed by atoms with Gasteiger partial charge in [0.05, 0.1) is 0 Å². The van der Waals surface area contributed by atoms with Gasteiger partial charge in [0.1, 0.15) is 17.7 Å². The highest BCUT2D eigenvalue weighted by Crippen LogP contribution is 2.17. The molecule has 0 aliphatic carbocycles. The zero-order valence-corrected chi connectivity index (χ0v) is 10.8. The van der Waals surface area contributed by atoms with E-state index in [1.54, 1.807) is 6.92 Å². The monoisotopic (exact) mass is 287 g/mol. The maximum Gasteiger partial charge on any atom is 0.326 e. The van der Waals surface area contributed by atoms with E-state index in [2.05, 4.69) is 5.32 Å². The Labute approximate surface area is 114 Å². The van der Waals surface area contributed by atoms with Crippen molar-refractivity contribution in [3.05, 3.63) is 35.4 Å². The lowest BCUT2D eigenvalue weighted by atomic mass is 10.1. The molecule has 0 heterocycles. The van der Waals surface area contributed by atoms with E-state index in [0.717, 1.165) is 12.1 Å². The highest BCUT2D eigenvalue weighted by Gasteiger charge is 2.24. The van der Waals surface area contributed by atoms with Crippen LogP contribution in [-0.2, 0) is 9.59 Å². The van der Waals surface area contributed by atoms with Crippen LogP contribution in [-0.4, -0.2) is 28.1 Å². The molecule has 0 radical (unpaired) electrons. The summed E-state index contributed by atoms with van der Waals surface area (Å²) in [5.74, 6) is -4.13. The number of carboxylic acid groups (broad SMARTS) is 1. The van der Waals surface area contributed by atoms with Gasteiger partial charge in [-0.2, -0.15) is 0 Å². The molecule has 0 saturated heterocycles. The Hall–Kier alpha value is -2.02. The van der Waals surface area contributed by atoms with Crippen LogP contribution in [0.1, 0.15) is 31.4 Å². The zero-order valence-electron chi connectivity index (χ0n) is 10.8. The topological polar surface area (TPSA) is 86.6 Å². The normalized spacial score (nSPS) is 13.6. The lowest BCUT2D eigenvalue weighted by Gasteiger charge is -2.17. The first kappa shape index (κ1) is 16.0. The number of amides is 1. The Morgan fingerprint density at radius 1 is 1.25 bits per heavy atom. The Morgan fingerprint density at radius 3 is 2.25 bits per heavy atom. The van der Waals surface area contributed by atoms with E-state index >= 15 is 0 Å². The quantitative estimate of drug-likeness (QED) is 0.737. The average Bonchev–Trinajstić information content (AvgIpc) is 2.35. The molecule has 110 valence electrons. The van der Waals surface area contributed by atoms with Gasteiger partial charge in [0.15, 0.2) is 6.10 Å². The highest BCUT2D eigenvalue weighted by atomic mass is 19.1. The number of rotatable bonds is 6. The molecular formula is C13H15F2NO4. The van der Waals surface area contributed by atoms with Crippen molar-refractivity contribution in [1.29, 1.82) is 0 Å². The molecule has 0 saturated carbocycles. The summed E-state index contributed by atoms with van der Waals surface area (Å²) in [6.45, 7) is 1.74. The minimum atomic E-state index is -1.83. The molecule has 0 aromatic heterocycles. The van der Waals surface area contributed by atoms with Crippen LogP contribution in [0.2, 0.25) is 0 Å². The minimum absolute atomic E-state index is 0.186. The van der Waals surface area contributed by atoms with E-state index in [1.807, 2.05) is 0 Å². The van der Waals surface area contributed by atoms with Crippen LogP contribution < -0.4 is 5.32 Å². The molecule has 1 aromatic rings. The molecule has 3 N–H and O–H groups in total. The number of carbonyl (C=O) groups excluding carboxylic acids is 1. The van der Waals surface area contributed by atoms with Gasteiger partial charge in [0.2, 0.25) is 0 Å². The van der Waals surface area contributed by atoms with Gasteiger partial charge in [-0.15, -0.1) is 0 Å². The standard InChI is InChI=1S/C13H15F2NO4/c1-2-3-10(13(19)20)16-12(18)11(17)7-4-8(14)6-9(15)5-7/h4-6,10-11,17H,2-3H2,1H3,(H,16,18)(H,19,20). The Kier molecular flexibility index (Phi) is 5.57. The van der Waals surface area contributed by atoms with Crippen LogP contribution in [0.4, 0.5) is 8.78 Å². The van der Waals surface area contributed by atoms with Gasteiger partial charge < -0.3 is 15.5 Å². The molecule has 20 heavy (non-hydrogen) atoms. The van der Waals surface area contributed by atoms with Crippen molar-refractivity contribution >= 4 is 11.9 Å². The van der Waals surface area contributed by atoms with E-state index in [1.165, 1.54) is 0 Å². The molecule has 0 fully saturated rings. The third-order valence-electron chi connectivity index (χ3n) is 2.64. The minimum Gasteiger partial charge on any atom is -0.480 e. The van der Waals surface area contributed by atoms with Crippen molar-refractivity contribution in [2.45, 2.75) is 31.9 Å². The Balaban J connectivity index is 2.82. The molecule has 2 unspecified atom stereocenters. The third kappa shape index (κ3) is 4.27. The molecule has 1 amide bonds. The fourth-order valence-corrected chi connectivity index (χ4v) is 1.68. The second kappa shape index (κ2) is 6.95. The molecule has 0 aliphatic rings. The molecule has 0 bridgehead atoms. The largest absolute Gasteiger partial charge is 0.480 e. The number of aliphatic hydroxyl groups is 1. The van der Waals surface area contributed by atoms with Crippen molar-refractivity contribution < 1.29 is 28.6 Å². The number of halogens is 2. The number of carbonyl (C=O) groups is 2. The predicted molar refractivity (Wildman–Crippen MR) is 65.8 cm³/mol. The van der Waals surface area contributed by atoms with Gasteiger partial charge in [-0.3, -0.25) is 4.79 Å². The summed E-state index contributed by atoms with van der Waals surface area (Å²) in [6, 6.07) is 1.07. The van der Waals surface area contributed by atoms with Crippen LogP contribution >= 0.6 is 0 Å². The summed E-state index contributed by atoms with van der Waals surface area (Å²) < 4.78 is 26.0. The lowest BCUT2D eigenvalue weighted by Crippen LogP contribution is -2.43. The van der Waals surface area contributed by atoms with Crippen molar-refractivity contribution in [1.82, 2.24) is 5.32 Å². The molecule has 7 heteroatoms. The molecule has 0 spiro atoms. The van der Waals surface area contributed by atoms with E-state index in [0.29, 0.717) is 12.5 Å². The molecule has 1 aromatic carbocycles. The molecule has 5 nitrogen and oxygen atoms in total. The van der Waals surface area contributed by atoms with E-state index in [-0.39, 0.29) is 12.0 Å². The summed E-state index contributed by atoms with van der Waals surface area (Å²) in [7, 11) is 0. The predicted octanol–water partition coefficient (Wildman–Crippen LogP) is 1.37. The van der Waals surface area contributed by atoms with Crippen LogP contribution in [0, 0.1) is 11.6 Å². The molecule has 0 aliphatic heterocycles. The molecular weight excluding hydrogens is 272 g/mol. The summed E-state index contributed by atoms with van der Waals surface area (Å²) in [4.78, 5) is 22.6. The van der Waals surface area contributed by atoms with E-state index in [9.17, 15) is 23.5 Å². The zero-order chi connectivity index (χ0) is 15.3. The second-order valence-electron chi connectivity index (χ2n) is 4.29. The summed E-state index contributed by atoms with van der Waals surface area (Å²) in [5.41, 5.74) is -0.277. The summed E-state index contributed by atoms with van der Waals surface area (Å²) >= 11 is 0. The second-order valence-corrected chi connectivity index (χ2v) is 4.29.